The van der Waals surface area contributed by atoms with Gasteiger partial charge in [-0.1, -0.05) is 11.6 Å². The number of hydrogen-bond acceptors (Lipinski definition) is 4. The van der Waals surface area contributed by atoms with Gasteiger partial charge in [-0.25, -0.2) is 0 Å². The van der Waals surface area contributed by atoms with Gasteiger partial charge in [0, 0.05) is 46.1 Å². The molecule has 6 heteroatoms. The summed E-state index contributed by atoms with van der Waals surface area (Å²) in [5.41, 5.74) is 1.12. The van der Waals surface area contributed by atoms with E-state index in [1.807, 2.05) is 17.0 Å². The molecule has 0 N–H and O–H groups in total. The molecule has 1 aromatic rings. The van der Waals surface area contributed by atoms with E-state index >= 15 is 0 Å². The average molecular weight is 325 g/mol. The molecule has 1 fully saturated rings. The summed E-state index contributed by atoms with van der Waals surface area (Å²) in [5, 5.41) is 0.608. The molecule has 0 spiro atoms. The van der Waals surface area contributed by atoms with Gasteiger partial charge in [-0.15, -0.1) is 0 Å². The van der Waals surface area contributed by atoms with Gasteiger partial charge in [0.1, 0.15) is 0 Å². The molecule has 0 radical (unpaired) electrons. The maximum atomic E-state index is 11.4. The Morgan fingerprint density at radius 2 is 1.91 bits per heavy atom. The minimum atomic E-state index is 0.151. The fourth-order valence-electron chi connectivity index (χ4n) is 2.85. The van der Waals surface area contributed by atoms with Crippen LogP contribution in [0.2, 0.25) is 5.02 Å². The van der Waals surface area contributed by atoms with Crippen LogP contribution in [0.15, 0.2) is 12.1 Å². The summed E-state index contributed by atoms with van der Waals surface area (Å²) in [6.45, 7) is 7.06. The molecule has 0 saturated carbocycles. The maximum Gasteiger partial charge on any atom is 0.219 e. The molecule has 5 nitrogen and oxygen atoms in total. The third-order valence-corrected chi connectivity index (χ3v) is 4.37. The molecule has 0 unspecified atom stereocenters. The minimum Gasteiger partial charge on any atom is -0.489 e. The van der Waals surface area contributed by atoms with Crippen LogP contribution in [-0.4, -0.2) is 55.1 Å². The third-order valence-electron chi connectivity index (χ3n) is 4.09. The molecule has 0 bridgehead atoms. The van der Waals surface area contributed by atoms with Gasteiger partial charge < -0.3 is 14.4 Å². The number of fused-ring (bicyclic) bond motifs is 1. The largest absolute Gasteiger partial charge is 0.489 e. The number of benzene rings is 1. The van der Waals surface area contributed by atoms with Crippen molar-refractivity contribution in [2.75, 3.05) is 39.4 Å². The Balaban J connectivity index is 1.67. The van der Waals surface area contributed by atoms with E-state index in [1.165, 1.54) is 0 Å². The van der Waals surface area contributed by atoms with Crippen molar-refractivity contribution in [3.8, 4) is 11.5 Å². The van der Waals surface area contributed by atoms with Crippen molar-refractivity contribution in [3.63, 3.8) is 0 Å². The molecule has 2 aliphatic heterocycles. The number of hydrogen-bond donors (Lipinski definition) is 0. The SMILES string of the molecule is CC(=O)N1CCN(Cc2cc(Cl)c3c(c2)OCCCO3)CC1. The predicted octanol–water partition coefficient (Wildman–Crippen LogP) is 2.17. The minimum absolute atomic E-state index is 0.151. The Morgan fingerprint density at radius 1 is 1.18 bits per heavy atom. The highest BCUT2D eigenvalue weighted by Crippen LogP contribution is 2.38. The Kier molecular flexibility index (Phi) is 4.74. The smallest absolute Gasteiger partial charge is 0.219 e. The summed E-state index contributed by atoms with van der Waals surface area (Å²) in [5.74, 6) is 1.55. The van der Waals surface area contributed by atoms with Crippen LogP contribution in [0.4, 0.5) is 0 Å². The highest BCUT2D eigenvalue weighted by atomic mass is 35.5. The van der Waals surface area contributed by atoms with E-state index in [9.17, 15) is 4.79 Å². The average Bonchev–Trinajstić information content (AvgIpc) is 2.73. The topological polar surface area (TPSA) is 42.0 Å². The molecule has 3 rings (SSSR count). The van der Waals surface area contributed by atoms with E-state index in [-0.39, 0.29) is 5.91 Å². The first kappa shape index (κ1) is 15.4. The highest BCUT2D eigenvalue weighted by molar-refractivity contribution is 6.32. The van der Waals surface area contributed by atoms with E-state index in [1.54, 1.807) is 6.92 Å². The molecule has 2 aliphatic rings. The maximum absolute atomic E-state index is 11.4. The Hall–Kier alpha value is -1.46. The highest BCUT2D eigenvalue weighted by Gasteiger charge is 2.20. The molecular weight excluding hydrogens is 304 g/mol. The second kappa shape index (κ2) is 6.75. The van der Waals surface area contributed by atoms with E-state index in [2.05, 4.69) is 4.90 Å². The van der Waals surface area contributed by atoms with Gasteiger partial charge in [0.25, 0.3) is 0 Å². The van der Waals surface area contributed by atoms with E-state index < -0.39 is 0 Å². The van der Waals surface area contributed by atoms with E-state index in [4.69, 9.17) is 21.1 Å². The first-order valence-electron chi connectivity index (χ1n) is 7.69. The van der Waals surface area contributed by atoms with Crippen molar-refractivity contribution in [1.29, 1.82) is 0 Å². The lowest BCUT2D eigenvalue weighted by molar-refractivity contribution is -0.130. The second-order valence-corrected chi connectivity index (χ2v) is 6.14. The summed E-state index contributed by atoms with van der Waals surface area (Å²) in [6.07, 6.45) is 0.868. The standard InChI is InChI=1S/C16H21ClN2O3/c1-12(20)19-5-3-18(4-6-19)11-13-9-14(17)16-15(10-13)21-7-2-8-22-16/h9-10H,2-8,11H2,1H3. The van der Waals surface area contributed by atoms with Gasteiger partial charge >= 0.3 is 0 Å². The van der Waals surface area contributed by atoms with Gasteiger partial charge in [0.05, 0.1) is 18.2 Å². The Morgan fingerprint density at radius 3 is 2.64 bits per heavy atom. The molecule has 0 aliphatic carbocycles. The molecule has 1 aromatic carbocycles. The molecule has 0 aromatic heterocycles. The molecule has 0 atom stereocenters. The number of halogens is 1. The molecular formula is C16H21ClN2O3. The summed E-state index contributed by atoms with van der Waals surface area (Å²) >= 11 is 6.33. The van der Waals surface area contributed by atoms with E-state index in [0.717, 1.165) is 50.5 Å². The summed E-state index contributed by atoms with van der Waals surface area (Å²) in [4.78, 5) is 15.6. The first-order valence-corrected chi connectivity index (χ1v) is 8.07. The Bertz CT molecular complexity index is 557. The van der Waals surface area contributed by atoms with Gasteiger partial charge in [-0.2, -0.15) is 0 Å². The number of rotatable bonds is 2. The number of amides is 1. The van der Waals surface area contributed by atoms with E-state index in [0.29, 0.717) is 24.0 Å². The first-order chi connectivity index (χ1) is 10.6. The van der Waals surface area contributed by atoms with Crippen molar-refractivity contribution in [3.05, 3.63) is 22.7 Å². The fourth-order valence-corrected chi connectivity index (χ4v) is 3.14. The van der Waals surface area contributed by atoms with Crippen LogP contribution in [0, 0.1) is 0 Å². The number of carbonyl (C=O) groups is 1. The zero-order valence-electron chi connectivity index (χ0n) is 12.8. The lowest BCUT2D eigenvalue weighted by Gasteiger charge is -2.34. The third kappa shape index (κ3) is 3.47. The van der Waals surface area contributed by atoms with Crippen LogP contribution < -0.4 is 9.47 Å². The second-order valence-electron chi connectivity index (χ2n) is 5.74. The lowest BCUT2D eigenvalue weighted by atomic mass is 10.1. The van der Waals surface area contributed by atoms with Crippen molar-refractivity contribution >= 4 is 17.5 Å². The molecule has 1 amide bonds. The monoisotopic (exact) mass is 324 g/mol. The zero-order valence-corrected chi connectivity index (χ0v) is 13.6. The van der Waals surface area contributed by atoms with Crippen molar-refractivity contribution in [1.82, 2.24) is 9.80 Å². The van der Waals surface area contributed by atoms with Crippen LogP contribution in [0.25, 0.3) is 0 Å². The van der Waals surface area contributed by atoms with Gasteiger partial charge in [0.15, 0.2) is 11.5 Å². The lowest BCUT2D eigenvalue weighted by Crippen LogP contribution is -2.47. The fraction of sp³-hybridized carbons (Fsp3) is 0.562. The van der Waals surface area contributed by atoms with Crippen molar-refractivity contribution < 1.29 is 14.3 Å². The van der Waals surface area contributed by atoms with Crippen molar-refractivity contribution in [2.24, 2.45) is 0 Å². The molecule has 1 saturated heterocycles. The Labute approximate surface area is 135 Å². The van der Waals surface area contributed by atoms with Crippen LogP contribution in [-0.2, 0) is 11.3 Å². The zero-order chi connectivity index (χ0) is 15.5. The predicted molar refractivity (Wildman–Crippen MR) is 84.6 cm³/mol. The molecule has 120 valence electrons. The normalized spacial score (nSPS) is 18.9. The van der Waals surface area contributed by atoms with Gasteiger partial charge in [0.2, 0.25) is 5.91 Å². The van der Waals surface area contributed by atoms with Gasteiger partial charge in [-0.3, -0.25) is 9.69 Å². The number of carbonyl (C=O) groups excluding carboxylic acids is 1. The van der Waals surface area contributed by atoms with Gasteiger partial charge in [-0.05, 0) is 17.7 Å². The number of piperazine rings is 1. The summed E-state index contributed by atoms with van der Waals surface area (Å²) in [6, 6.07) is 3.97. The summed E-state index contributed by atoms with van der Waals surface area (Å²) in [7, 11) is 0. The van der Waals surface area contributed by atoms with Crippen LogP contribution >= 0.6 is 11.6 Å². The van der Waals surface area contributed by atoms with Crippen LogP contribution in [0.3, 0.4) is 0 Å². The van der Waals surface area contributed by atoms with Crippen molar-refractivity contribution in [2.45, 2.75) is 19.9 Å². The number of nitrogens with zero attached hydrogens (tertiary/aromatic N) is 2. The van der Waals surface area contributed by atoms with Crippen LogP contribution in [0.1, 0.15) is 18.9 Å². The summed E-state index contributed by atoms with van der Waals surface area (Å²) < 4.78 is 11.4. The molecule has 2 heterocycles. The quantitative estimate of drug-likeness (QED) is 0.836. The molecule has 22 heavy (non-hydrogen) atoms. The number of ether oxygens (including phenoxy) is 2. The van der Waals surface area contributed by atoms with Crippen LogP contribution in [0.5, 0.6) is 11.5 Å².